The van der Waals surface area contributed by atoms with Crippen LogP contribution < -0.4 is 20.7 Å². The molecule has 0 saturated carbocycles. The summed E-state index contributed by atoms with van der Waals surface area (Å²) in [5.74, 6) is -0.0784. The van der Waals surface area contributed by atoms with Gasteiger partial charge in [-0.1, -0.05) is 29.8 Å². The average Bonchev–Trinajstić information content (AvgIpc) is 3.43. The lowest BCUT2D eigenvalue weighted by atomic mass is 9.94. The molecule has 2 atom stereocenters. The molecule has 1 aliphatic heterocycles. The van der Waals surface area contributed by atoms with Crippen LogP contribution >= 0.6 is 11.6 Å². The van der Waals surface area contributed by atoms with E-state index in [4.69, 9.17) is 25.5 Å². The van der Waals surface area contributed by atoms with Crippen LogP contribution in [0.25, 0.3) is 11.5 Å². The molecular weight excluding hydrogens is 510 g/mol. The van der Waals surface area contributed by atoms with Crippen LogP contribution in [0.15, 0.2) is 64.3 Å². The molecule has 0 unspecified atom stereocenters. The van der Waals surface area contributed by atoms with Crippen LogP contribution in [-0.4, -0.2) is 42.3 Å². The number of carbonyl (C=O) groups is 2. The number of carbonyl (C=O) groups excluding carboxylic acids is 2. The fraction of sp³-hybridized carbons (Fsp3) is 0.333. The van der Waals surface area contributed by atoms with Gasteiger partial charge in [0.1, 0.15) is 17.6 Å². The van der Waals surface area contributed by atoms with Crippen LogP contribution in [0.5, 0.6) is 5.75 Å². The number of para-hydroxylation sites is 1. The van der Waals surface area contributed by atoms with Crippen molar-refractivity contribution in [3.05, 3.63) is 70.8 Å². The van der Waals surface area contributed by atoms with Crippen LogP contribution in [0.2, 0.25) is 5.02 Å². The van der Waals surface area contributed by atoms with E-state index >= 15 is 0 Å². The summed E-state index contributed by atoms with van der Waals surface area (Å²) in [5.41, 5.74) is 1.88. The van der Waals surface area contributed by atoms with Crippen molar-refractivity contribution in [2.24, 2.45) is 5.92 Å². The summed E-state index contributed by atoms with van der Waals surface area (Å²) in [4.78, 5) is 26.2. The number of rotatable bonds is 9. The van der Waals surface area contributed by atoms with Crippen LogP contribution in [-0.2, 0) is 14.3 Å². The Labute approximate surface area is 225 Å². The number of anilines is 1. The second-order valence-electron chi connectivity index (χ2n) is 8.66. The van der Waals surface area contributed by atoms with Gasteiger partial charge in [-0.15, -0.1) is 10.2 Å². The fourth-order valence-corrected chi connectivity index (χ4v) is 4.19. The average molecular weight is 540 g/mol. The van der Waals surface area contributed by atoms with E-state index in [1.165, 1.54) is 0 Å². The van der Waals surface area contributed by atoms with Crippen LogP contribution in [0, 0.1) is 5.92 Å². The molecule has 1 saturated heterocycles. The topological polar surface area (TPSA) is 128 Å². The standard InChI is InChI=1S/C27H30ClN5O5/c1-4-36-21-11-10-18(28)15-20(21)26-32-33-27(38-26)22-14-17(12-13-37-22)24(34)31-23(16(2)29-3)25(35)30-19-8-6-5-7-9-19/h5-11,15,17,22,29H,4,12-14H2,1-3H3,(H,30,35)(H,31,34)/b23-16+/t17-,22+/m1/s1. The molecule has 1 fully saturated rings. The van der Waals surface area contributed by atoms with Gasteiger partial charge in [-0.05, 0) is 57.0 Å². The Morgan fingerprint density at radius 3 is 2.68 bits per heavy atom. The third kappa shape index (κ3) is 6.51. The van der Waals surface area contributed by atoms with Crippen molar-refractivity contribution in [2.45, 2.75) is 32.8 Å². The predicted molar refractivity (Wildman–Crippen MR) is 142 cm³/mol. The van der Waals surface area contributed by atoms with Gasteiger partial charge in [-0.2, -0.15) is 0 Å². The summed E-state index contributed by atoms with van der Waals surface area (Å²) < 4.78 is 17.4. The number of allylic oxidation sites excluding steroid dienone is 1. The van der Waals surface area contributed by atoms with E-state index in [0.717, 1.165) is 0 Å². The maximum atomic E-state index is 13.2. The maximum absolute atomic E-state index is 13.2. The molecule has 1 aromatic heterocycles. The van der Waals surface area contributed by atoms with Crippen molar-refractivity contribution in [2.75, 3.05) is 25.6 Å². The van der Waals surface area contributed by atoms with Gasteiger partial charge in [0.15, 0.2) is 0 Å². The summed E-state index contributed by atoms with van der Waals surface area (Å²) >= 11 is 6.17. The second-order valence-corrected chi connectivity index (χ2v) is 9.10. The first-order chi connectivity index (χ1) is 18.4. The minimum Gasteiger partial charge on any atom is -0.493 e. The number of amides is 2. The van der Waals surface area contributed by atoms with Crippen LogP contribution in [0.1, 0.15) is 38.7 Å². The molecule has 3 N–H and O–H groups in total. The zero-order valence-corrected chi connectivity index (χ0v) is 22.2. The van der Waals surface area contributed by atoms with Gasteiger partial charge in [0.05, 0.1) is 12.2 Å². The molecule has 3 aromatic rings. The monoisotopic (exact) mass is 539 g/mol. The van der Waals surface area contributed by atoms with Crippen molar-refractivity contribution in [3.63, 3.8) is 0 Å². The zero-order chi connectivity index (χ0) is 27.1. The Kier molecular flexibility index (Phi) is 8.98. The molecule has 10 nitrogen and oxygen atoms in total. The quantitative estimate of drug-likeness (QED) is 0.340. The van der Waals surface area contributed by atoms with Crippen LogP contribution in [0.4, 0.5) is 5.69 Å². The molecule has 11 heteroatoms. The van der Waals surface area contributed by atoms with E-state index in [0.29, 0.717) is 53.8 Å². The van der Waals surface area contributed by atoms with E-state index in [1.807, 2.05) is 25.1 Å². The molecular formula is C27H30ClN5O5. The molecule has 2 heterocycles. The second kappa shape index (κ2) is 12.6. The zero-order valence-electron chi connectivity index (χ0n) is 21.4. The van der Waals surface area contributed by atoms with E-state index in [9.17, 15) is 9.59 Å². The molecule has 0 aliphatic carbocycles. The van der Waals surface area contributed by atoms with E-state index in [-0.39, 0.29) is 23.4 Å². The Bertz CT molecular complexity index is 1310. The minimum absolute atomic E-state index is 0.147. The fourth-order valence-electron chi connectivity index (χ4n) is 4.02. The van der Waals surface area contributed by atoms with Gasteiger partial charge < -0.3 is 29.8 Å². The Balaban J connectivity index is 1.46. The molecule has 4 rings (SSSR count). The molecule has 0 spiro atoms. The van der Waals surface area contributed by atoms with E-state index in [2.05, 4.69) is 26.1 Å². The number of aromatic nitrogens is 2. The first-order valence-electron chi connectivity index (χ1n) is 12.3. The Morgan fingerprint density at radius 1 is 1.16 bits per heavy atom. The third-order valence-corrected chi connectivity index (χ3v) is 6.33. The Morgan fingerprint density at radius 2 is 1.95 bits per heavy atom. The predicted octanol–water partition coefficient (Wildman–Crippen LogP) is 4.46. The van der Waals surface area contributed by atoms with Gasteiger partial charge in [0.25, 0.3) is 11.8 Å². The van der Waals surface area contributed by atoms with Crippen LogP contribution in [0.3, 0.4) is 0 Å². The lowest BCUT2D eigenvalue weighted by Crippen LogP contribution is -2.39. The van der Waals surface area contributed by atoms with E-state index < -0.39 is 17.9 Å². The van der Waals surface area contributed by atoms with Gasteiger partial charge in [-0.3, -0.25) is 9.59 Å². The van der Waals surface area contributed by atoms with Crippen molar-refractivity contribution in [1.82, 2.24) is 20.8 Å². The van der Waals surface area contributed by atoms with Crippen molar-refractivity contribution >= 4 is 29.1 Å². The van der Waals surface area contributed by atoms with Gasteiger partial charge in [0.2, 0.25) is 11.8 Å². The molecule has 2 amide bonds. The molecule has 0 radical (unpaired) electrons. The molecule has 0 bridgehead atoms. The van der Waals surface area contributed by atoms with Crippen molar-refractivity contribution in [1.29, 1.82) is 0 Å². The molecule has 2 aromatic carbocycles. The highest BCUT2D eigenvalue weighted by Gasteiger charge is 2.33. The summed E-state index contributed by atoms with van der Waals surface area (Å²) in [6.07, 6.45) is 0.220. The maximum Gasteiger partial charge on any atom is 0.273 e. The smallest absolute Gasteiger partial charge is 0.273 e. The summed E-state index contributed by atoms with van der Waals surface area (Å²) in [6.45, 7) is 4.38. The number of ether oxygens (including phenoxy) is 2. The number of nitrogens with one attached hydrogen (secondary N) is 3. The lowest BCUT2D eigenvalue weighted by Gasteiger charge is -2.27. The van der Waals surface area contributed by atoms with Crippen molar-refractivity contribution < 1.29 is 23.5 Å². The highest BCUT2D eigenvalue weighted by Crippen LogP contribution is 2.36. The third-order valence-electron chi connectivity index (χ3n) is 6.10. The van der Waals surface area contributed by atoms with Gasteiger partial charge in [0, 0.05) is 36.0 Å². The summed E-state index contributed by atoms with van der Waals surface area (Å²) in [7, 11) is 1.69. The number of hydrogen-bond donors (Lipinski definition) is 3. The number of nitrogens with zero attached hydrogens (tertiary/aromatic N) is 2. The molecule has 200 valence electrons. The number of benzene rings is 2. The number of halogens is 1. The Hall–Kier alpha value is -3.89. The first kappa shape index (κ1) is 27.2. The highest BCUT2D eigenvalue weighted by atomic mass is 35.5. The minimum atomic E-state index is -0.577. The number of hydrogen-bond acceptors (Lipinski definition) is 8. The van der Waals surface area contributed by atoms with E-state index in [1.54, 1.807) is 44.3 Å². The molecule has 38 heavy (non-hydrogen) atoms. The lowest BCUT2D eigenvalue weighted by molar-refractivity contribution is -0.131. The van der Waals surface area contributed by atoms with Gasteiger partial charge in [-0.25, -0.2) is 0 Å². The first-order valence-corrected chi connectivity index (χ1v) is 12.7. The largest absolute Gasteiger partial charge is 0.493 e. The summed E-state index contributed by atoms with van der Waals surface area (Å²) in [5, 5.41) is 17.4. The highest BCUT2D eigenvalue weighted by molar-refractivity contribution is 6.30. The van der Waals surface area contributed by atoms with Gasteiger partial charge >= 0.3 is 0 Å². The molecule has 1 aliphatic rings. The normalized spacial score (nSPS) is 17.8. The summed E-state index contributed by atoms with van der Waals surface area (Å²) in [6, 6.07) is 14.2. The SMILES string of the molecule is CCOc1ccc(Cl)cc1-c1nnc([C@@H]2C[C@H](C(=O)N/C(C(=O)Nc3ccccc3)=C(\C)NC)CCO2)o1. The van der Waals surface area contributed by atoms with Crippen molar-refractivity contribution in [3.8, 4) is 17.2 Å².